The molecule has 0 aliphatic carbocycles. The zero-order valence-corrected chi connectivity index (χ0v) is 13.5. The number of rotatable bonds is 4. The summed E-state index contributed by atoms with van der Waals surface area (Å²) in [5.74, 6) is 7.20. The summed E-state index contributed by atoms with van der Waals surface area (Å²) < 4.78 is 5.93. The van der Waals surface area contributed by atoms with Crippen molar-refractivity contribution in [3.05, 3.63) is 54.6 Å². The van der Waals surface area contributed by atoms with E-state index < -0.39 is 0 Å². The third-order valence-electron chi connectivity index (χ3n) is 2.80. The van der Waals surface area contributed by atoms with E-state index >= 15 is 0 Å². The molecule has 1 aromatic heterocycles. The normalized spacial score (nSPS) is 9.91. The van der Waals surface area contributed by atoms with Crippen molar-refractivity contribution in [1.82, 2.24) is 10.2 Å². The Morgan fingerprint density at radius 1 is 1.00 bits per heavy atom. The molecular weight excluding hydrogens is 320 g/mol. The number of ether oxygens (including phenoxy) is 1. The maximum atomic E-state index is 5.93. The standard InChI is InChI=1S/C15H14N4OS.ClH/c1-19(16)15-18-17-14(21-15)12-9-5-6-10-13(12)20-11-7-3-2-4-8-11;/h2-10H,16H2,1H3;1H. The Hall–Kier alpha value is -2.15. The molecule has 0 atom stereocenters. The van der Waals surface area contributed by atoms with E-state index in [2.05, 4.69) is 10.2 Å². The van der Waals surface area contributed by atoms with E-state index in [0.29, 0.717) is 5.13 Å². The molecular formula is C15H15ClN4OS. The van der Waals surface area contributed by atoms with Gasteiger partial charge in [-0.15, -0.1) is 22.6 Å². The first-order valence-corrected chi connectivity index (χ1v) is 7.20. The molecule has 2 aromatic carbocycles. The van der Waals surface area contributed by atoms with Crippen molar-refractivity contribution in [2.24, 2.45) is 5.84 Å². The topological polar surface area (TPSA) is 64.3 Å². The van der Waals surface area contributed by atoms with Gasteiger partial charge in [0.2, 0.25) is 5.13 Å². The minimum absolute atomic E-state index is 0. The fraction of sp³-hybridized carbons (Fsp3) is 0.0667. The molecule has 0 fully saturated rings. The molecule has 0 aliphatic rings. The maximum absolute atomic E-state index is 5.93. The van der Waals surface area contributed by atoms with Gasteiger partial charge >= 0.3 is 0 Å². The SMILES string of the molecule is CN(N)c1nnc(-c2ccccc2Oc2ccccc2)s1.Cl. The first-order chi connectivity index (χ1) is 10.2. The lowest BCUT2D eigenvalue weighted by atomic mass is 10.2. The number of nitrogens with two attached hydrogens (primary N) is 1. The molecule has 0 unspecified atom stereocenters. The lowest BCUT2D eigenvalue weighted by Crippen LogP contribution is -2.24. The molecule has 0 saturated carbocycles. The van der Waals surface area contributed by atoms with E-state index in [-0.39, 0.29) is 12.4 Å². The van der Waals surface area contributed by atoms with Gasteiger partial charge in [-0.05, 0) is 24.3 Å². The lowest BCUT2D eigenvalue weighted by Gasteiger charge is -2.09. The summed E-state index contributed by atoms with van der Waals surface area (Å²) in [6, 6.07) is 17.4. The van der Waals surface area contributed by atoms with E-state index in [1.807, 2.05) is 54.6 Å². The smallest absolute Gasteiger partial charge is 0.222 e. The molecule has 22 heavy (non-hydrogen) atoms. The summed E-state index contributed by atoms with van der Waals surface area (Å²) in [6.07, 6.45) is 0. The fourth-order valence-electron chi connectivity index (χ4n) is 1.81. The lowest BCUT2D eigenvalue weighted by molar-refractivity contribution is 0.484. The first kappa shape index (κ1) is 16.2. The molecule has 1 heterocycles. The Kier molecular flexibility index (Phi) is 5.32. The molecule has 114 valence electrons. The predicted octanol–water partition coefficient (Wildman–Crippen LogP) is 3.73. The average Bonchev–Trinajstić information content (AvgIpc) is 2.99. The summed E-state index contributed by atoms with van der Waals surface area (Å²) in [5, 5.41) is 11.1. The van der Waals surface area contributed by atoms with Gasteiger partial charge < -0.3 is 4.74 Å². The number of hydrogen-bond acceptors (Lipinski definition) is 6. The summed E-state index contributed by atoms with van der Waals surface area (Å²) in [5.41, 5.74) is 0.895. The number of hydrazine groups is 1. The van der Waals surface area contributed by atoms with Crippen molar-refractivity contribution >= 4 is 28.9 Å². The Morgan fingerprint density at radius 2 is 1.68 bits per heavy atom. The minimum Gasteiger partial charge on any atom is -0.457 e. The highest BCUT2D eigenvalue weighted by atomic mass is 35.5. The van der Waals surface area contributed by atoms with Crippen molar-refractivity contribution in [2.75, 3.05) is 12.1 Å². The van der Waals surface area contributed by atoms with Crippen LogP contribution in [0.1, 0.15) is 0 Å². The molecule has 0 aliphatic heterocycles. The average molecular weight is 335 g/mol. The molecule has 0 radical (unpaired) electrons. The number of anilines is 1. The van der Waals surface area contributed by atoms with Gasteiger partial charge in [-0.1, -0.05) is 41.7 Å². The van der Waals surface area contributed by atoms with Gasteiger partial charge in [-0.25, -0.2) is 5.84 Å². The van der Waals surface area contributed by atoms with Gasteiger partial charge in [-0.3, -0.25) is 5.01 Å². The Labute approximate surface area is 138 Å². The second-order valence-corrected chi connectivity index (χ2v) is 5.37. The van der Waals surface area contributed by atoms with Crippen LogP contribution in [-0.2, 0) is 0 Å². The molecule has 0 bridgehead atoms. The largest absolute Gasteiger partial charge is 0.457 e. The molecule has 3 aromatic rings. The van der Waals surface area contributed by atoms with E-state index in [9.17, 15) is 0 Å². The van der Waals surface area contributed by atoms with E-state index in [1.54, 1.807) is 7.05 Å². The van der Waals surface area contributed by atoms with Crippen LogP contribution in [0, 0.1) is 0 Å². The Morgan fingerprint density at radius 3 is 2.36 bits per heavy atom. The third kappa shape index (κ3) is 3.54. The number of para-hydroxylation sites is 2. The van der Waals surface area contributed by atoms with Crippen LogP contribution in [0.2, 0.25) is 0 Å². The fourth-order valence-corrected chi connectivity index (χ4v) is 2.57. The van der Waals surface area contributed by atoms with Gasteiger partial charge in [0.05, 0.1) is 5.56 Å². The summed E-state index contributed by atoms with van der Waals surface area (Å²) in [7, 11) is 1.73. The van der Waals surface area contributed by atoms with Gasteiger partial charge in [0.15, 0.2) is 5.01 Å². The van der Waals surface area contributed by atoms with Gasteiger partial charge in [0, 0.05) is 7.05 Å². The van der Waals surface area contributed by atoms with Gasteiger partial charge in [0.25, 0.3) is 0 Å². The highest BCUT2D eigenvalue weighted by Gasteiger charge is 2.13. The number of aromatic nitrogens is 2. The number of benzene rings is 2. The molecule has 0 amide bonds. The van der Waals surface area contributed by atoms with Crippen LogP contribution in [0.4, 0.5) is 5.13 Å². The minimum atomic E-state index is 0. The van der Waals surface area contributed by atoms with Crippen molar-refractivity contribution in [2.45, 2.75) is 0 Å². The third-order valence-corrected chi connectivity index (χ3v) is 3.85. The summed E-state index contributed by atoms with van der Waals surface area (Å²) >= 11 is 1.42. The molecule has 5 nitrogen and oxygen atoms in total. The van der Waals surface area contributed by atoms with Gasteiger partial charge in [0.1, 0.15) is 11.5 Å². The summed E-state index contributed by atoms with van der Waals surface area (Å²) in [4.78, 5) is 0. The molecule has 7 heteroatoms. The number of hydrogen-bond donors (Lipinski definition) is 1. The van der Waals surface area contributed by atoms with E-state index in [1.165, 1.54) is 16.3 Å². The van der Waals surface area contributed by atoms with Crippen LogP contribution in [0.3, 0.4) is 0 Å². The van der Waals surface area contributed by atoms with E-state index in [4.69, 9.17) is 10.6 Å². The van der Waals surface area contributed by atoms with E-state index in [0.717, 1.165) is 22.1 Å². The zero-order valence-electron chi connectivity index (χ0n) is 11.8. The predicted molar refractivity (Wildman–Crippen MR) is 91.7 cm³/mol. The van der Waals surface area contributed by atoms with Crippen molar-refractivity contribution in [3.63, 3.8) is 0 Å². The highest BCUT2D eigenvalue weighted by Crippen LogP contribution is 2.36. The quantitative estimate of drug-likeness (QED) is 0.581. The molecule has 0 saturated heterocycles. The Balaban J connectivity index is 0.00000176. The van der Waals surface area contributed by atoms with Crippen molar-refractivity contribution in [3.8, 4) is 22.1 Å². The summed E-state index contributed by atoms with van der Waals surface area (Å²) in [6.45, 7) is 0. The van der Waals surface area contributed by atoms with Crippen molar-refractivity contribution < 1.29 is 4.74 Å². The Bertz CT molecular complexity index is 733. The molecule has 2 N–H and O–H groups in total. The van der Waals surface area contributed by atoms with Crippen LogP contribution in [0.25, 0.3) is 10.6 Å². The zero-order chi connectivity index (χ0) is 14.7. The highest BCUT2D eigenvalue weighted by molar-refractivity contribution is 7.18. The van der Waals surface area contributed by atoms with Crippen LogP contribution in [0.5, 0.6) is 11.5 Å². The van der Waals surface area contributed by atoms with Crippen LogP contribution < -0.4 is 15.6 Å². The van der Waals surface area contributed by atoms with Crippen LogP contribution in [-0.4, -0.2) is 17.2 Å². The van der Waals surface area contributed by atoms with Crippen LogP contribution >= 0.6 is 23.7 Å². The first-order valence-electron chi connectivity index (χ1n) is 6.38. The second-order valence-electron chi connectivity index (χ2n) is 4.41. The van der Waals surface area contributed by atoms with Crippen LogP contribution in [0.15, 0.2) is 54.6 Å². The van der Waals surface area contributed by atoms with Gasteiger partial charge in [-0.2, -0.15) is 0 Å². The monoisotopic (exact) mass is 334 g/mol. The maximum Gasteiger partial charge on any atom is 0.222 e. The van der Waals surface area contributed by atoms with Crippen molar-refractivity contribution in [1.29, 1.82) is 0 Å². The molecule has 0 spiro atoms. The number of nitrogens with zero attached hydrogens (tertiary/aromatic N) is 3. The second kappa shape index (κ2) is 7.22. The molecule has 3 rings (SSSR count). The number of halogens is 1.